The fraction of sp³-hybridized carbons (Fsp3) is 0.115. The second-order valence-corrected chi connectivity index (χ2v) is 8.43. The van der Waals surface area contributed by atoms with Gasteiger partial charge in [0.15, 0.2) is 16.6 Å². The molecule has 1 aromatic heterocycles. The van der Waals surface area contributed by atoms with Crippen molar-refractivity contribution in [2.75, 3.05) is 19.5 Å². The number of anilines is 1. The number of nitrogens with zero attached hydrogens (tertiary/aromatic N) is 1. The number of hydrogen-bond donors (Lipinski definition) is 2. The second kappa shape index (κ2) is 11.2. The molecule has 4 rings (SSSR count). The summed E-state index contributed by atoms with van der Waals surface area (Å²) in [5, 5.41) is 6.45. The quantitative estimate of drug-likeness (QED) is 0.291. The average molecular weight is 526 g/mol. The molecule has 0 aliphatic rings. The van der Waals surface area contributed by atoms with E-state index in [2.05, 4.69) is 15.6 Å². The zero-order valence-corrected chi connectivity index (χ0v) is 20.9. The molecule has 0 saturated heterocycles. The van der Waals surface area contributed by atoms with Crippen molar-refractivity contribution >= 4 is 51.4 Å². The summed E-state index contributed by atoms with van der Waals surface area (Å²) in [6.07, 6.45) is 1.69. The standard InChI is InChI=1S/C26H21ClFN3O4S/c1-33-23-13-18-21(14-24(23)34-2)29-10-9-22(18)35-17-7-8-20(19(28)12-17)30-26(36)31-25(32)11-15-3-5-16(27)6-4-15/h3-10,12-14H,11H2,1-2H3,(H2,30,31,32,36). The summed E-state index contributed by atoms with van der Waals surface area (Å²) < 4.78 is 31.4. The zero-order valence-electron chi connectivity index (χ0n) is 19.3. The smallest absolute Gasteiger partial charge is 0.230 e. The third-order valence-electron chi connectivity index (χ3n) is 5.15. The van der Waals surface area contributed by atoms with Crippen molar-refractivity contribution in [2.24, 2.45) is 0 Å². The maximum absolute atomic E-state index is 14.8. The fourth-order valence-corrected chi connectivity index (χ4v) is 3.79. The Morgan fingerprint density at radius 2 is 1.72 bits per heavy atom. The summed E-state index contributed by atoms with van der Waals surface area (Å²) in [6, 6.07) is 16.3. The van der Waals surface area contributed by atoms with Gasteiger partial charge in [-0.2, -0.15) is 0 Å². The van der Waals surface area contributed by atoms with Crippen LogP contribution in [0, 0.1) is 5.82 Å². The highest BCUT2D eigenvalue weighted by atomic mass is 35.5. The highest BCUT2D eigenvalue weighted by Crippen LogP contribution is 2.37. The van der Waals surface area contributed by atoms with Crippen molar-refractivity contribution < 1.29 is 23.4 Å². The molecule has 0 spiro atoms. The third-order valence-corrected chi connectivity index (χ3v) is 5.61. The van der Waals surface area contributed by atoms with Crippen molar-refractivity contribution in [3.8, 4) is 23.0 Å². The molecule has 0 aliphatic carbocycles. The number of hydrogen-bond acceptors (Lipinski definition) is 6. The molecule has 0 bridgehead atoms. The number of aromatic nitrogens is 1. The van der Waals surface area contributed by atoms with Gasteiger partial charge in [0.25, 0.3) is 0 Å². The minimum atomic E-state index is -0.612. The summed E-state index contributed by atoms with van der Waals surface area (Å²) in [7, 11) is 3.07. The van der Waals surface area contributed by atoms with Crippen LogP contribution in [0.4, 0.5) is 10.1 Å². The molecule has 1 heterocycles. The number of amides is 1. The van der Waals surface area contributed by atoms with Gasteiger partial charge in [-0.3, -0.25) is 9.78 Å². The van der Waals surface area contributed by atoms with Gasteiger partial charge >= 0.3 is 0 Å². The maximum Gasteiger partial charge on any atom is 0.230 e. The number of thiocarbonyl (C=S) groups is 1. The van der Waals surface area contributed by atoms with Gasteiger partial charge in [-0.25, -0.2) is 4.39 Å². The number of carbonyl (C=O) groups is 1. The molecule has 0 atom stereocenters. The van der Waals surface area contributed by atoms with Crippen molar-refractivity contribution in [3.63, 3.8) is 0 Å². The number of pyridine rings is 1. The lowest BCUT2D eigenvalue weighted by molar-refractivity contribution is -0.119. The number of carbonyl (C=O) groups excluding carboxylic acids is 1. The van der Waals surface area contributed by atoms with Crippen molar-refractivity contribution in [3.05, 3.63) is 83.3 Å². The average Bonchev–Trinajstić information content (AvgIpc) is 2.86. The van der Waals surface area contributed by atoms with Crippen LogP contribution in [0.5, 0.6) is 23.0 Å². The Balaban J connectivity index is 1.44. The van der Waals surface area contributed by atoms with E-state index in [0.717, 1.165) is 5.56 Å². The lowest BCUT2D eigenvalue weighted by Crippen LogP contribution is -2.35. The van der Waals surface area contributed by atoms with Crippen molar-refractivity contribution in [2.45, 2.75) is 6.42 Å². The van der Waals surface area contributed by atoms with Crippen LogP contribution in [-0.4, -0.2) is 30.2 Å². The third kappa shape index (κ3) is 5.99. The van der Waals surface area contributed by atoms with Crippen LogP contribution < -0.4 is 24.8 Å². The molecule has 0 radical (unpaired) electrons. The molecule has 184 valence electrons. The fourth-order valence-electron chi connectivity index (χ4n) is 3.44. The molecule has 4 aromatic rings. The van der Waals surface area contributed by atoms with Gasteiger partial charge in [-0.05, 0) is 54.2 Å². The normalized spacial score (nSPS) is 10.6. The van der Waals surface area contributed by atoms with E-state index in [0.29, 0.717) is 33.2 Å². The highest BCUT2D eigenvalue weighted by molar-refractivity contribution is 7.80. The van der Waals surface area contributed by atoms with Gasteiger partial charge in [0.05, 0.1) is 31.8 Å². The van der Waals surface area contributed by atoms with E-state index < -0.39 is 5.82 Å². The van der Waals surface area contributed by atoms with Crippen LogP contribution in [-0.2, 0) is 11.2 Å². The van der Waals surface area contributed by atoms with E-state index in [9.17, 15) is 9.18 Å². The van der Waals surface area contributed by atoms with E-state index in [1.165, 1.54) is 19.2 Å². The molecule has 2 N–H and O–H groups in total. The minimum Gasteiger partial charge on any atom is -0.493 e. The van der Waals surface area contributed by atoms with Crippen LogP contribution in [0.1, 0.15) is 5.56 Å². The number of rotatable bonds is 7. The number of ether oxygens (including phenoxy) is 3. The van der Waals surface area contributed by atoms with Crippen LogP contribution in [0.15, 0.2) is 66.9 Å². The van der Waals surface area contributed by atoms with E-state index >= 15 is 0 Å². The monoisotopic (exact) mass is 525 g/mol. The molecule has 7 nitrogen and oxygen atoms in total. The molecule has 0 aliphatic heterocycles. The van der Waals surface area contributed by atoms with E-state index in [1.807, 2.05) is 0 Å². The Morgan fingerprint density at radius 1 is 1.00 bits per heavy atom. The highest BCUT2D eigenvalue weighted by Gasteiger charge is 2.13. The van der Waals surface area contributed by atoms with Crippen LogP contribution in [0.2, 0.25) is 5.02 Å². The predicted molar refractivity (Wildman–Crippen MR) is 141 cm³/mol. The van der Waals surface area contributed by atoms with E-state index in [-0.39, 0.29) is 28.9 Å². The summed E-state index contributed by atoms with van der Waals surface area (Å²) in [5.74, 6) is 0.822. The molecular weight excluding hydrogens is 505 g/mol. The second-order valence-electron chi connectivity index (χ2n) is 7.58. The Morgan fingerprint density at radius 3 is 2.42 bits per heavy atom. The Bertz CT molecular complexity index is 1430. The maximum atomic E-state index is 14.8. The van der Waals surface area contributed by atoms with Gasteiger partial charge in [0.1, 0.15) is 17.3 Å². The van der Waals surface area contributed by atoms with Gasteiger partial charge in [-0.1, -0.05) is 23.7 Å². The molecule has 3 aromatic carbocycles. The summed E-state index contributed by atoms with van der Waals surface area (Å²) >= 11 is 11.0. The molecule has 1 amide bonds. The van der Waals surface area contributed by atoms with Crippen LogP contribution >= 0.6 is 23.8 Å². The molecule has 0 unspecified atom stereocenters. The predicted octanol–water partition coefficient (Wildman–Crippen LogP) is 5.89. The zero-order chi connectivity index (χ0) is 25.7. The Kier molecular flexibility index (Phi) is 7.82. The van der Waals surface area contributed by atoms with E-state index in [4.69, 9.17) is 38.0 Å². The number of nitrogens with one attached hydrogen (secondary N) is 2. The lowest BCUT2D eigenvalue weighted by atomic mass is 10.1. The van der Waals surface area contributed by atoms with Crippen molar-refractivity contribution in [1.82, 2.24) is 10.3 Å². The summed E-state index contributed by atoms with van der Waals surface area (Å²) in [4.78, 5) is 16.6. The summed E-state index contributed by atoms with van der Waals surface area (Å²) in [6.45, 7) is 0. The number of fused-ring (bicyclic) bond motifs is 1. The van der Waals surface area contributed by atoms with Gasteiger partial charge in [0.2, 0.25) is 5.91 Å². The Hall–Kier alpha value is -3.95. The van der Waals surface area contributed by atoms with Gasteiger partial charge < -0.3 is 24.8 Å². The largest absolute Gasteiger partial charge is 0.493 e. The summed E-state index contributed by atoms with van der Waals surface area (Å²) in [5.41, 5.74) is 1.49. The first kappa shape index (κ1) is 25.2. The first-order chi connectivity index (χ1) is 17.4. The van der Waals surface area contributed by atoms with Gasteiger partial charge in [-0.15, -0.1) is 0 Å². The molecule has 0 saturated carbocycles. The topological polar surface area (TPSA) is 81.7 Å². The lowest BCUT2D eigenvalue weighted by Gasteiger charge is -2.14. The Labute approximate surface area is 217 Å². The SMILES string of the molecule is COc1cc2nccc(Oc3ccc(NC(=S)NC(=O)Cc4ccc(Cl)cc4)c(F)c3)c2cc1OC. The van der Waals surface area contributed by atoms with E-state index in [1.54, 1.807) is 61.8 Å². The first-order valence-electron chi connectivity index (χ1n) is 10.7. The number of benzene rings is 3. The number of halogens is 2. The van der Waals surface area contributed by atoms with Crippen molar-refractivity contribution in [1.29, 1.82) is 0 Å². The number of methoxy groups -OCH3 is 2. The first-order valence-corrected chi connectivity index (χ1v) is 11.5. The van der Waals surface area contributed by atoms with Crippen LogP contribution in [0.3, 0.4) is 0 Å². The van der Waals surface area contributed by atoms with Gasteiger partial charge in [0, 0.05) is 28.7 Å². The molecule has 36 heavy (non-hydrogen) atoms. The molecule has 0 fully saturated rings. The minimum absolute atomic E-state index is 0.0253. The van der Waals surface area contributed by atoms with Crippen LogP contribution in [0.25, 0.3) is 10.9 Å². The molecule has 10 heteroatoms. The molecular formula is C26H21ClFN3O4S.